The van der Waals surface area contributed by atoms with E-state index in [1.807, 2.05) is 0 Å². The van der Waals surface area contributed by atoms with Gasteiger partial charge in [0.1, 0.15) is 6.04 Å². The number of imide groups is 1. The second-order valence-electron chi connectivity index (χ2n) is 10.3. The minimum absolute atomic E-state index is 0.0568. The summed E-state index contributed by atoms with van der Waals surface area (Å²) in [5.41, 5.74) is 4.78. The normalized spacial score (nSPS) is 30.5. The molecule has 0 saturated carbocycles. The minimum Gasteiger partial charge on any atom is -0.451 e. The molecule has 1 aromatic carbocycles. The van der Waals surface area contributed by atoms with Gasteiger partial charge < -0.3 is 36.6 Å². The lowest BCUT2D eigenvalue weighted by Gasteiger charge is -2.48. The van der Waals surface area contributed by atoms with E-state index < -0.39 is 101 Å². The standard InChI is InChI=1S/C23H23F6N7O6/c1-8-4-14(37)35(16(8)38)6-12-15-20(34-18(30)33-15)21(40,41)13(7-36(20)19(31)32-12)42-17(39)10-5-9(22(24,25)26)2-3-11(10)23(27,28)29/h2-3,5,8,12-13,15,40-41H,4,6-7H2,1H3,(H2,31,32)(H3,30,33,34)/t8?,12?,13-,15?,20?/m0/s1. The van der Waals surface area contributed by atoms with Crippen molar-refractivity contribution in [3.05, 3.63) is 34.9 Å². The number of carbonyl (C=O) groups is 3. The molecule has 5 rings (SSSR count). The number of aliphatic hydroxyl groups is 2. The van der Waals surface area contributed by atoms with Crippen molar-refractivity contribution in [1.82, 2.24) is 15.1 Å². The number of amides is 2. The molecule has 0 aromatic heterocycles. The summed E-state index contributed by atoms with van der Waals surface area (Å²) in [4.78, 5) is 48.0. The molecule has 2 amide bonds. The molecule has 0 bridgehead atoms. The number of halogens is 6. The first-order chi connectivity index (χ1) is 19.3. The molecule has 1 aromatic rings. The van der Waals surface area contributed by atoms with Crippen LogP contribution >= 0.6 is 0 Å². The van der Waals surface area contributed by atoms with E-state index >= 15 is 0 Å². The average molecular weight is 607 g/mol. The zero-order chi connectivity index (χ0) is 31.2. The van der Waals surface area contributed by atoms with E-state index in [1.54, 1.807) is 0 Å². The molecular formula is C23H23F6N7O6. The summed E-state index contributed by atoms with van der Waals surface area (Å²) in [6.07, 6.45) is -12.6. The molecule has 5 atom stereocenters. The van der Waals surface area contributed by atoms with Crippen molar-refractivity contribution in [1.29, 1.82) is 0 Å². The van der Waals surface area contributed by atoms with Crippen molar-refractivity contribution in [2.45, 2.75) is 55.3 Å². The van der Waals surface area contributed by atoms with E-state index in [0.717, 1.165) is 9.80 Å². The molecule has 0 aliphatic carbocycles. The molecule has 1 spiro atoms. The molecule has 4 aliphatic heterocycles. The fraction of sp³-hybridized carbons (Fsp3) is 0.522. The summed E-state index contributed by atoms with van der Waals surface area (Å²) in [5, 5.41) is 25.3. The molecule has 2 fully saturated rings. The van der Waals surface area contributed by atoms with E-state index in [1.165, 1.54) is 6.92 Å². The van der Waals surface area contributed by atoms with Crippen LogP contribution < -0.4 is 16.8 Å². The SMILES string of the molecule is CC1CC(=O)N(CC2N=C(N)N3C[C@H](OC(=O)c4cc(C(F)(F)F)ccc4C(F)(F)F)C(O)(O)C34NC(N)=NC24)C1=O. The topological polar surface area (TPSA) is 196 Å². The van der Waals surface area contributed by atoms with E-state index in [4.69, 9.17) is 16.2 Å². The Hall–Kier alpha value is -4.13. The van der Waals surface area contributed by atoms with E-state index in [2.05, 4.69) is 15.3 Å². The molecule has 2 saturated heterocycles. The smallest absolute Gasteiger partial charge is 0.417 e. The highest BCUT2D eigenvalue weighted by molar-refractivity contribution is 6.03. The predicted molar refractivity (Wildman–Crippen MR) is 127 cm³/mol. The lowest BCUT2D eigenvalue weighted by Crippen LogP contribution is -2.77. The van der Waals surface area contributed by atoms with Crippen LogP contribution in [0.1, 0.15) is 34.8 Å². The lowest BCUT2D eigenvalue weighted by molar-refractivity contribution is -0.256. The van der Waals surface area contributed by atoms with Crippen molar-refractivity contribution in [3.63, 3.8) is 0 Å². The Morgan fingerprint density at radius 3 is 2.38 bits per heavy atom. The molecular weight excluding hydrogens is 584 g/mol. The molecule has 7 N–H and O–H groups in total. The minimum atomic E-state index is -5.27. The largest absolute Gasteiger partial charge is 0.451 e. The second kappa shape index (κ2) is 9.18. The Balaban J connectivity index is 1.49. The van der Waals surface area contributed by atoms with Crippen LogP contribution in [-0.4, -0.2) is 92.4 Å². The monoisotopic (exact) mass is 607 g/mol. The molecule has 228 valence electrons. The van der Waals surface area contributed by atoms with Crippen LogP contribution in [0.5, 0.6) is 0 Å². The van der Waals surface area contributed by atoms with Gasteiger partial charge in [-0.1, -0.05) is 6.92 Å². The van der Waals surface area contributed by atoms with E-state index in [0.29, 0.717) is 0 Å². The Labute approximate surface area is 231 Å². The number of aliphatic imine (C=N–C) groups is 2. The molecule has 4 aliphatic rings. The van der Waals surface area contributed by atoms with Crippen LogP contribution in [0.3, 0.4) is 0 Å². The van der Waals surface area contributed by atoms with Crippen molar-refractivity contribution in [3.8, 4) is 0 Å². The summed E-state index contributed by atoms with van der Waals surface area (Å²) in [6.45, 7) is 0.402. The van der Waals surface area contributed by atoms with Gasteiger partial charge in [0.15, 0.2) is 23.7 Å². The second-order valence-corrected chi connectivity index (χ2v) is 10.3. The quantitative estimate of drug-likeness (QED) is 0.127. The van der Waals surface area contributed by atoms with E-state index in [9.17, 15) is 50.9 Å². The zero-order valence-electron chi connectivity index (χ0n) is 21.4. The highest BCUT2D eigenvalue weighted by Gasteiger charge is 2.74. The van der Waals surface area contributed by atoms with Crippen molar-refractivity contribution in [2.75, 3.05) is 13.1 Å². The number of carbonyl (C=O) groups excluding carboxylic acids is 3. The fourth-order valence-corrected chi connectivity index (χ4v) is 5.73. The first-order valence-corrected chi connectivity index (χ1v) is 12.3. The predicted octanol–water partition coefficient (Wildman–Crippen LogP) is -0.679. The Kier molecular flexibility index (Phi) is 6.42. The van der Waals surface area contributed by atoms with Crippen molar-refractivity contribution >= 4 is 29.7 Å². The maximum absolute atomic E-state index is 13.6. The molecule has 42 heavy (non-hydrogen) atoms. The summed E-state index contributed by atoms with van der Waals surface area (Å²) in [6, 6.07) is -2.48. The van der Waals surface area contributed by atoms with Crippen molar-refractivity contribution < 1.29 is 55.7 Å². The van der Waals surface area contributed by atoms with Crippen LogP contribution in [0.4, 0.5) is 26.3 Å². The number of benzene rings is 1. The maximum atomic E-state index is 13.6. The molecule has 0 radical (unpaired) electrons. The third-order valence-electron chi connectivity index (χ3n) is 7.71. The van der Waals surface area contributed by atoms with Gasteiger partial charge in [0.2, 0.25) is 17.6 Å². The summed E-state index contributed by atoms with van der Waals surface area (Å²) >= 11 is 0. The molecule has 4 heterocycles. The Morgan fingerprint density at radius 2 is 1.81 bits per heavy atom. The van der Waals surface area contributed by atoms with Gasteiger partial charge in [0.05, 0.1) is 35.8 Å². The van der Waals surface area contributed by atoms with Gasteiger partial charge in [-0.3, -0.25) is 14.5 Å². The number of ether oxygens (including phenoxy) is 1. The van der Waals surface area contributed by atoms with Gasteiger partial charge in [0.25, 0.3) is 0 Å². The molecule has 13 nitrogen and oxygen atoms in total. The van der Waals surface area contributed by atoms with Crippen LogP contribution in [0.25, 0.3) is 0 Å². The summed E-state index contributed by atoms with van der Waals surface area (Å²) in [5.74, 6) is -7.69. The zero-order valence-corrected chi connectivity index (χ0v) is 21.4. The number of rotatable bonds is 4. The number of guanidine groups is 2. The van der Waals surface area contributed by atoms with Crippen LogP contribution in [-0.2, 0) is 26.7 Å². The third-order valence-corrected chi connectivity index (χ3v) is 7.71. The van der Waals surface area contributed by atoms with Gasteiger partial charge >= 0.3 is 18.3 Å². The number of likely N-dealkylation sites (tertiary alicyclic amines) is 1. The number of nitrogens with zero attached hydrogens (tertiary/aromatic N) is 4. The van der Waals surface area contributed by atoms with Crippen molar-refractivity contribution in [2.24, 2.45) is 27.4 Å². The van der Waals surface area contributed by atoms with Crippen LogP contribution in [0, 0.1) is 5.92 Å². The van der Waals surface area contributed by atoms with E-state index in [-0.39, 0.29) is 30.6 Å². The van der Waals surface area contributed by atoms with Gasteiger partial charge in [-0.15, -0.1) is 0 Å². The number of nitrogens with one attached hydrogen (secondary N) is 1. The highest BCUT2D eigenvalue weighted by atomic mass is 19.4. The van der Waals surface area contributed by atoms with Crippen LogP contribution in [0.15, 0.2) is 28.2 Å². The number of nitrogens with two attached hydrogens (primary N) is 2. The van der Waals surface area contributed by atoms with Gasteiger partial charge in [-0.05, 0) is 18.2 Å². The van der Waals surface area contributed by atoms with Gasteiger partial charge in [0, 0.05) is 12.3 Å². The maximum Gasteiger partial charge on any atom is 0.417 e. The molecule has 4 unspecified atom stereocenters. The third kappa shape index (κ3) is 4.29. The molecule has 19 heteroatoms. The highest BCUT2D eigenvalue weighted by Crippen LogP contribution is 2.46. The lowest BCUT2D eigenvalue weighted by atomic mass is 9.85. The van der Waals surface area contributed by atoms with Gasteiger partial charge in [-0.2, -0.15) is 26.3 Å². The first kappa shape index (κ1) is 29.4. The van der Waals surface area contributed by atoms with Crippen LogP contribution in [0.2, 0.25) is 0 Å². The van der Waals surface area contributed by atoms with Gasteiger partial charge in [-0.25, -0.2) is 14.8 Å². The number of esters is 1. The number of hydrogen-bond acceptors (Lipinski definition) is 12. The summed E-state index contributed by atoms with van der Waals surface area (Å²) in [7, 11) is 0. The summed E-state index contributed by atoms with van der Waals surface area (Å²) < 4.78 is 85.5. The average Bonchev–Trinajstić information content (AvgIpc) is 3.43. The first-order valence-electron chi connectivity index (χ1n) is 12.3. The number of alkyl halides is 6. The number of hydrogen-bond donors (Lipinski definition) is 5. The Morgan fingerprint density at radius 1 is 1.14 bits per heavy atom. The fourth-order valence-electron chi connectivity index (χ4n) is 5.73. The Bertz CT molecular complexity index is 1430.